The smallest absolute Gasteiger partial charge is 0.203 e. The minimum atomic E-state index is 1.14. The van der Waals surface area contributed by atoms with Crippen LogP contribution in [0.2, 0.25) is 0 Å². The molecule has 0 amide bonds. The molecule has 106 valence electrons. The molecule has 2 aromatic rings. The molecular weight excluding hydrogens is 256 g/mol. The van der Waals surface area contributed by atoms with Crippen LogP contribution >= 0.6 is 0 Å². The first kappa shape index (κ1) is 12.6. The van der Waals surface area contributed by atoms with Gasteiger partial charge in [-0.2, -0.15) is 0 Å². The largest absolute Gasteiger partial charge is 0.371 e. The van der Waals surface area contributed by atoms with Crippen molar-refractivity contribution in [3.05, 3.63) is 58.9 Å². The van der Waals surface area contributed by atoms with Gasteiger partial charge in [0, 0.05) is 37.0 Å². The number of H-pyrrole nitrogens is 1. The second-order valence-corrected chi connectivity index (χ2v) is 6.03. The molecule has 2 aliphatic rings. The molecule has 4 rings (SSSR count). The van der Waals surface area contributed by atoms with Gasteiger partial charge in [0.05, 0.1) is 0 Å². The molecule has 3 heterocycles. The van der Waals surface area contributed by atoms with Crippen molar-refractivity contribution in [3.63, 3.8) is 0 Å². The normalized spacial score (nSPS) is 17.0. The molecule has 0 unspecified atom stereocenters. The van der Waals surface area contributed by atoms with Gasteiger partial charge in [0.1, 0.15) is 0 Å². The van der Waals surface area contributed by atoms with Gasteiger partial charge in [-0.1, -0.05) is 0 Å². The molecule has 0 atom stereocenters. The first-order chi connectivity index (χ1) is 10.4. The van der Waals surface area contributed by atoms with Crippen molar-refractivity contribution in [2.45, 2.75) is 25.7 Å². The van der Waals surface area contributed by atoms with Gasteiger partial charge in [-0.15, -0.1) is 0 Å². The van der Waals surface area contributed by atoms with Gasteiger partial charge >= 0.3 is 0 Å². The lowest BCUT2D eigenvalue weighted by atomic mass is 9.90. The summed E-state index contributed by atoms with van der Waals surface area (Å²) >= 11 is 0. The number of aryl methyl sites for hydroxylation is 2. The van der Waals surface area contributed by atoms with E-state index in [1.165, 1.54) is 44.3 Å². The topological polar surface area (TPSA) is 17.4 Å². The van der Waals surface area contributed by atoms with Crippen molar-refractivity contribution >= 4 is 17.8 Å². The van der Waals surface area contributed by atoms with E-state index in [0.29, 0.717) is 0 Å². The van der Waals surface area contributed by atoms with Crippen molar-refractivity contribution in [3.8, 4) is 0 Å². The van der Waals surface area contributed by atoms with E-state index < -0.39 is 0 Å². The molecule has 0 radical (unpaired) electrons. The number of pyridine rings is 1. The molecule has 2 aliphatic heterocycles. The number of anilines is 1. The maximum Gasteiger partial charge on any atom is 0.203 e. The Hall–Kier alpha value is -2.09. The van der Waals surface area contributed by atoms with Crippen LogP contribution in [0.15, 0.2) is 36.5 Å². The van der Waals surface area contributed by atoms with Crippen molar-refractivity contribution in [2.75, 3.05) is 18.0 Å². The number of rotatable bonds is 2. The summed E-state index contributed by atoms with van der Waals surface area (Å²) in [4.78, 5) is 5.85. The van der Waals surface area contributed by atoms with E-state index in [-0.39, 0.29) is 0 Å². The number of aromatic nitrogens is 1. The summed E-state index contributed by atoms with van der Waals surface area (Å²) in [5, 5.41) is 0. The van der Waals surface area contributed by atoms with Crippen LogP contribution in [0.25, 0.3) is 12.2 Å². The fraction of sp³-hybridized carbons (Fsp3) is 0.316. The molecule has 0 aliphatic carbocycles. The summed E-state index contributed by atoms with van der Waals surface area (Å²) in [5.41, 5.74) is 7.14. The summed E-state index contributed by atoms with van der Waals surface area (Å²) in [6, 6.07) is 10.9. The van der Waals surface area contributed by atoms with Gasteiger partial charge < -0.3 is 4.90 Å². The Morgan fingerprint density at radius 3 is 2.38 bits per heavy atom. The lowest BCUT2D eigenvalue weighted by molar-refractivity contribution is -0.380. The molecule has 2 heteroatoms. The number of aromatic amines is 1. The van der Waals surface area contributed by atoms with Crippen LogP contribution in [-0.4, -0.2) is 13.1 Å². The summed E-state index contributed by atoms with van der Waals surface area (Å²) < 4.78 is 0. The zero-order valence-corrected chi connectivity index (χ0v) is 12.3. The van der Waals surface area contributed by atoms with Crippen LogP contribution in [0.4, 0.5) is 5.69 Å². The lowest BCUT2D eigenvalue weighted by Gasteiger charge is -2.37. The van der Waals surface area contributed by atoms with Gasteiger partial charge in [0.25, 0.3) is 0 Å². The summed E-state index contributed by atoms with van der Waals surface area (Å²) in [5.74, 6) is 0. The third-order valence-electron chi connectivity index (χ3n) is 4.54. The highest BCUT2D eigenvalue weighted by Gasteiger charge is 2.23. The average Bonchev–Trinajstić information content (AvgIpc) is 2.54. The maximum atomic E-state index is 3.25. The lowest BCUT2D eigenvalue weighted by Crippen LogP contribution is -2.34. The van der Waals surface area contributed by atoms with E-state index in [9.17, 15) is 0 Å². The van der Waals surface area contributed by atoms with E-state index in [1.807, 2.05) is 12.3 Å². The van der Waals surface area contributed by atoms with Crippen LogP contribution in [0.1, 0.15) is 35.2 Å². The molecular formula is C19H21N2+. The summed E-state index contributed by atoms with van der Waals surface area (Å²) in [6.07, 6.45) is 11.4. The second kappa shape index (κ2) is 5.36. The molecule has 21 heavy (non-hydrogen) atoms. The first-order valence-electron chi connectivity index (χ1n) is 7.96. The molecule has 1 aromatic heterocycles. The molecule has 2 nitrogen and oxygen atoms in total. The SMILES string of the molecule is C(=C\c1cccc[nH+]1)/c1cc2c3c(c1)CCCN3CCC2. The predicted molar refractivity (Wildman–Crippen MR) is 87.2 cm³/mol. The molecule has 1 aromatic carbocycles. The van der Waals surface area contributed by atoms with E-state index in [1.54, 1.807) is 16.8 Å². The van der Waals surface area contributed by atoms with Crippen LogP contribution in [0.3, 0.4) is 0 Å². The number of nitrogens with one attached hydrogen (secondary N) is 1. The average molecular weight is 277 g/mol. The molecule has 0 saturated carbocycles. The Kier molecular flexibility index (Phi) is 3.23. The molecule has 0 saturated heterocycles. The highest BCUT2D eigenvalue weighted by Crippen LogP contribution is 2.36. The van der Waals surface area contributed by atoms with Crippen LogP contribution in [-0.2, 0) is 12.8 Å². The number of hydrogen-bond donors (Lipinski definition) is 0. The quantitative estimate of drug-likeness (QED) is 0.822. The summed E-state index contributed by atoms with van der Waals surface area (Å²) in [7, 11) is 0. The monoisotopic (exact) mass is 277 g/mol. The third kappa shape index (κ3) is 2.46. The fourth-order valence-corrected chi connectivity index (χ4v) is 3.62. The number of hydrogen-bond acceptors (Lipinski definition) is 1. The van der Waals surface area contributed by atoms with Crippen molar-refractivity contribution in [2.24, 2.45) is 0 Å². The van der Waals surface area contributed by atoms with Crippen LogP contribution in [0, 0.1) is 0 Å². The molecule has 1 N–H and O–H groups in total. The standard InChI is InChI=1S/C19H20N2/c1-2-10-20-18(7-1)9-8-15-13-16-5-3-11-21-12-4-6-17(14-15)19(16)21/h1-2,7-10,13-14H,3-6,11-12H2/p+1/b9-8+. The highest BCUT2D eigenvalue weighted by molar-refractivity contribution is 5.72. The second-order valence-electron chi connectivity index (χ2n) is 6.03. The van der Waals surface area contributed by atoms with Crippen molar-refractivity contribution in [1.29, 1.82) is 0 Å². The maximum absolute atomic E-state index is 3.25. The van der Waals surface area contributed by atoms with E-state index in [2.05, 4.69) is 46.3 Å². The zero-order valence-electron chi connectivity index (χ0n) is 12.3. The van der Waals surface area contributed by atoms with Gasteiger partial charge in [-0.25, -0.2) is 4.98 Å². The number of benzene rings is 1. The van der Waals surface area contributed by atoms with Gasteiger partial charge in [-0.3, -0.25) is 0 Å². The van der Waals surface area contributed by atoms with Gasteiger partial charge in [0.15, 0.2) is 6.20 Å². The van der Waals surface area contributed by atoms with Gasteiger partial charge in [-0.05, 0) is 66.6 Å². The molecule has 0 fully saturated rings. The first-order valence-corrected chi connectivity index (χ1v) is 7.96. The van der Waals surface area contributed by atoms with Crippen LogP contribution in [0.5, 0.6) is 0 Å². The minimum absolute atomic E-state index is 1.14. The molecule has 0 bridgehead atoms. The van der Waals surface area contributed by atoms with E-state index in [4.69, 9.17) is 0 Å². The number of nitrogens with zero attached hydrogens (tertiary/aromatic N) is 1. The van der Waals surface area contributed by atoms with Gasteiger partial charge in [0.2, 0.25) is 5.69 Å². The summed E-state index contributed by atoms with van der Waals surface area (Å²) in [6.45, 7) is 2.49. The predicted octanol–water partition coefficient (Wildman–Crippen LogP) is 3.37. The fourth-order valence-electron chi connectivity index (χ4n) is 3.62. The Labute approximate surface area is 126 Å². The highest BCUT2D eigenvalue weighted by atomic mass is 15.1. The molecule has 0 spiro atoms. The van der Waals surface area contributed by atoms with E-state index in [0.717, 1.165) is 5.69 Å². The van der Waals surface area contributed by atoms with Crippen LogP contribution < -0.4 is 9.88 Å². The Morgan fingerprint density at radius 2 is 1.71 bits per heavy atom. The van der Waals surface area contributed by atoms with Crippen molar-refractivity contribution in [1.82, 2.24) is 0 Å². The zero-order chi connectivity index (χ0) is 14.1. The minimum Gasteiger partial charge on any atom is -0.371 e. The third-order valence-corrected chi connectivity index (χ3v) is 4.54. The Balaban J connectivity index is 1.70. The van der Waals surface area contributed by atoms with Crippen molar-refractivity contribution < 1.29 is 4.98 Å². The van der Waals surface area contributed by atoms with E-state index >= 15 is 0 Å². The Morgan fingerprint density at radius 1 is 0.952 bits per heavy atom. The Bertz CT molecular complexity index is 642.